The van der Waals surface area contributed by atoms with Crippen molar-refractivity contribution in [2.24, 2.45) is 5.92 Å². The molecule has 0 spiro atoms. The van der Waals surface area contributed by atoms with Gasteiger partial charge >= 0.3 is 0 Å². The SMILES string of the molecule is COCC1(C2CCCC2)CCCCN1. The van der Waals surface area contributed by atoms with Crippen molar-refractivity contribution in [1.29, 1.82) is 0 Å². The van der Waals surface area contributed by atoms with E-state index in [2.05, 4.69) is 5.32 Å². The van der Waals surface area contributed by atoms with E-state index in [1.54, 1.807) is 0 Å². The Morgan fingerprint density at radius 2 is 2.00 bits per heavy atom. The molecule has 1 heterocycles. The minimum absolute atomic E-state index is 0.337. The van der Waals surface area contributed by atoms with Gasteiger partial charge in [0, 0.05) is 12.6 Å². The molecule has 0 amide bonds. The maximum absolute atomic E-state index is 5.43. The van der Waals surface area contributed by atoms with Crippen LogP contribution in [0.2, 0.25) is 0 Å². The molecule has 0 aromatic carbocycles. The lowest BCUT2D eigenvalue weighted by atomic mass is 9.77. The molecule has 14 heavy (non-hydrogen) atoms. The maximum Gasteiger partial charge on any atom is 0.0647 e. The summed E-state index contributed by atoms with van der Waals surface area (Å²) >= 11 is 0. The summed E-state index contributed by atoms with van der Waals surface area (Å²) in [5.74, 6) is 0.878. The smallest absolute Gasteiger partial charge is 0.0647 e. The Hall–Kier alpha value is -0.0800. The van der Waals surface area contributed by atoms with Crippen molar-refractivity contribution in [3.63, 3.8) is 0 Å². The minimum Gasteiger partial charge on any atom is -0.383 e. The van der Waals surface area contributed by atoms with Crippen LogP contribution in [0.5, 0.6) is 0 Å². The fourth-order valence-electron chi connectivity index (χ4n) is 3.32. The van der Waals surface area contributed by atoms with E-state index in [9.17, 15) is 0 Å². The largest absolute Gasteiger partial charge is 0.383 e. The van der Waals surface area contributed by atoms with Crippen LogP contribution in [0.3, 0.4) is 0 Å². The van der Waals surface area contributed by atoms with Crippen LogP contribution in [0.4, 0.5) is 0 Å². The molecule has 1 aliphatic carbocycles. The molecule has 1 atom stereocenters. The van der Waals surface area contributed by atoms with E-state index in [0.29, 0.717) is 5.54 Å². The van der Waals surface area contributed by atoms with Crippen LogP contribution in [0.25, 0.3) is 0 Å². The monoisotopic (exact) mass is 197 g/mol. The first kappa shape index (κ1) is 10.4. The van der Waals surface area contributed by atoms with Gasteiger partial charge < -0.3 is 10.1 Å². The predicted molar refractivity (Wildman–Crippen MR) is 58.4 cm³/mol. The van der Waals surface area contributed by atoms with Crippen LogP contribution >= 0.6 is 0 Å². The quantitative estimate of drug-likeness (QED) is 0.750. The lowest BCUT2D eigenvalue weighted by Crippen LogP contribution is -2.56. The molecule has 0 aromatic heterocycles. The van der Waals surface area contributed by atoms with Gasteiger partial charge in [-0.2, -0.15) is 0 Å². The summed E-state index contributed by atoms with van der Waals surface area (Å²) in [5.41, 5.74) is 0.337. The Bertz CT molecular complexity index is 164. The van der Waals surface area contributed by atoms with Gasteiger partial charge in [-0.25, -0.2) is 0 Å². The van der Waals surface area contributed by atoms with Crippen LogP contribution in [-0.2, 0) is 4.74 Å². The van der Waals surface area contributed by atoms with Crippen molar-refractivity contribution in [3.05, 3.63) is 0 Å². The van der Waals surface area contributed by atoms with E-state index in [0.717, 1.165) is 12.5 Å². The third-order valence-corrected chi connectivity index (χ3v) is 4.07. The number of hydrogen-bond acceptors (Lipinski definition) is 2. The van der Waals surface area contributed by atoms with Crippen LogP contribution in [0.15, 0.2) is 0 Å². The van der Waals surface area contributed by atoms with Crippen molar-refractivity contribution in [2.45, 2.75) is 50.5 Å². The Balaban J connectivity index is 2.02. The lowest BCUT2D eigenvalue weighted by molar-refractivity contribution is 0.0494. The predicted octanol–water partition coefficient (Wildman–Crippen LogP) is 2.34. The molecule has 82 valence electrons. The van der Waals surface area contributed by atoms with Gasteiger partial charge in [0.2, 0.25) is 0 Å². The van der Waals surface area contributed by atoms with Crippen LogP contribution < -0.4 is 5.32 Å². The second-order valence-corrected chi connectivity index (χ2v) is 4.95. The summed E-state index contributed by atoms with van der Waals surface area (Å²) in [5, 5.41) is 3.75. The van der Waals surface area contributed by atoms with Gasteiger partial charge in [-0.05, 0) is 38.1 Å². The fourth-order valence-corrected chi connectivity index (χ4v) is 3.32. The van der Waals surface area contributed by atoms with Gasteiger partial charge in [0.05, 0.1) is 6.61 Å². The summed E-state index contributed by atoms with van der Waals surface area (Å²) in [6.45, 7) is 2.11. The summed E-state index contributed by atoms with van der Waals surface area (Å²) in [7, 11) is 1.84. The van der Waals surface area contributed by atoms with Crippen LogP contribution in [0.1, 0.15) is 44.9 Å². The normalized spacial score (nSPS) is 34.9. The Morgan fingerprint density at radius 3 is 2.57 bits per heavy atom. The highest BCUT2D eigenvalue weighted by atomic mass is 16.5. The second-order valence-electron chi connectivity index (χ2n) is 4.95. The van der Waals surface area contributed by atoms with E-state index in [1.807, 2.05) is 7.11 Å². The molecular weight excluding hydrogens is 174 g/mol. The molecule has 0 radical (unpaired) electrons. The molecule has 1 N–H and O–H groups in total. The number of ether oxygens (including phenoxy) is 1. The molecular formula is C12H23NO. The number of hydrogen-bond donors (Lipinski definition) is 1. The highest BCUT2D eigenvalue weighted by molar-refractivity contribution is 4.98. The van der Waals surface area contributed by atoms with Crippen molar-refractivity contribution >= 4 is 0 Å². The van der Waals surface area contributed by atoms with Crippen molar-refractivity contribution in [3.8, 4) is 0 Å². The Kier molecular flexibility index (Phi) is 3.45. The summed E-state index contributed by atoms with van der Waals surface area (Å²) in [6.07, 6.45) is 9.74. The van der Waals surface area contributed by atoms with Gasteiger partial charge in [-0.1, -0.05) is 19.3 Å². The fraction of sp³-hybridized carbons (Fsp3) is 1.00. The van der Waals surface area contributed by atoms with Crippen molar-refractivity contribution < 1.29 is 4.74 Å². The number of nitrogens with one attached hydrogen (secondary N) is 1. The van der Waals surface area contributed by atoms with E-state index >= 15 is 0 Å². The molecule has 1 saturated carbocycles. The Morgan fingerprint density at radius 1 is 1.21 bits per heavy atom. The molecule has 2 rings (SSSR count). The molecule has 0 aromatic rings. The van der Waals surface area contributed by atoms with Crippen molar-refractivity contribution in [1.82, 2.24) is 5.32 Å². The minimum atomic E-state index is 0.337. The standard InChI is InChI=1S/C12H23NO/c1-14-10-12(8-4-5-9-13-12)11-6-2-3-7-11/h11,13H,2-10H2,1H3. The first-order chi connectivity index (χ1) is 6.87. The second kappa shape index (κ2) is 4.63. The third-order valence-electron chi connectivity index (χ3n) is 4.07. The molecule has 1 saturated heterocycles. The van der Waals surface area contributed by atoms with E-state index in [-0.39, 0.29) is 0 Å². The highest BCUT2D eigenvalue weighted by Gasteiger charge is 2.40. The Labute approximate surface area is 87.4 Å². The highest BCUT2D eigenvalue weighted by Crippen LogP contribution is 2.38. The van der Waals surface area contributed by atoms with Gasteiger partial charge in [0.1, 0.15) is 0 Å². The van der Waals surface area contributed by atoms with E-state index in [1.165, 1.54) is 51.5 Å². The van der Waals surface area contributed by atoms with Gasteiger partial charge in [-0.3, -0.25) is 0 Å². The topological polar surface area (TPSA) is 21.3 Å². The first-order valence-electron chi connectivity index (χ1n) is 6.11. The summed E-state index contributed by atoms with van der Waals surface area (Å²) in [4.78, 5) is 0. The zero-order chi connectivity index (χ0) is 9.86. The number of piperidine rings is 1. The molecule has 1 aliphatic heterocycles. The first-order valence-corrected chi connectivity index (χ1v) is 6.11. The summed E-state index contributed by atoms with van der Waals surface area (Å²) < 4.78 is 5.43. The van der Waals surface area contributed by atoms with Gasteiger partial charge in [-0.15, -0.1) is 0 Å². The zero-order valence-corrected chi connectivity index (χ0v) is 9.35. The average molecular weight is 197 g/mol. The molecule has 2 nitrogen and oxygen atoms in total. The van der Waals surface area contributed by atoms with Crippen LogP contribution in [-0.4, -0.2) is 25.8 Å². The van der Waals surface area contributed by atoms with E-state index < -0.39 is 0 Å². The molecule has 0 bridgehead atoms. The lowest BCUT2D eigenvalue weighted by Gasteiger charge is -2.42. The molecule has 2 fully saturated rings. The molecule has 2 heteroatoms. The maximum atomic E-state index is 5.43. The number of methoxy groups -OCH3 is 1. The van der Waals surface area contributed by atoms with E-state index in [4.69, 9.17) is 4.74 Å². The zero-order valence-electron chi connectivity index (χ0n) is 9.35. The molecule has 1 unspecified atom stereocenters. The van der Waals surface area contributed by atoms with Crippen LogP contribution in [0, 0.1) is 5.92 Å². The average Bonchev–Trinajstić information content (AvgIpc) is 2.73. The third kappa shape index (κ3) is 1.96. The van der Waals surface area contributed by atoms with Gasteiger partial charge in [0.25, 0.3) is 0 Å². The van der Waals surface area contributed by atoms with Gasteiger partial charge in [0.15, 0.2) is 0 Å². The van der Waals surface area contributed by atoms with Crippen molar-refractivity contribution in [2.75, 3.05) is 20.3 Å². The number of rotatable bonds is 3. The molecule has 2 aliphatic rings. The summed E-state index contributed by atoms with van der Waals surface area (Å²) in [6, 6.07) is 0.